The maximum Gasteiger partial charge on any atom is 0.338 e. The first-order valence-corrected chi connectivity index (χ1v) is 9.94. The molecule has 2 aromatic carbocycles. The molecule has 1 aliphatic heterocycles. The summed E-state index contributed by atoms with van der Waals surface area (Å²) in [6.07, 6.45) is 0. The number of nitrogens with zero attached hydrogens (tertiary/aromatic N) is 1. The number of nitrogens with one attached hydrogen (secondary N) is 1. The van der Waals surface area contributed by atoms with E-state index in [0.29, 0.717) is 17.3 Å². The van der Waals surface area contributed by atoms with Gasteiger partial charge >= 0.3 is 5.97 Å². The summed E-state index contributed by atoms with van der Waals surface area (Å²) in [7, 11) is 1.58. The molecule has 0 spiro atoms. The van der Waals surface area contributed by atoms with Crippen LogP contribution >= 0.6 is 12.2 Å². The molecule has 0 unspecified atom stereocenters. The van der Waals surface area contributed by atoms with E-state index >= 15 is 0 Å². The van der Waals surface area contributed by atoms with Crippen LogP contribution in [0.25, 0.3) is 0 Å². The summed E-state index contributed by atoms with van der Waals surface area (Å²) in [6, 6.07) is 15.6. The van der Waals surface area contributed by atoms with Crippen molar-refractivity contribution in [3.8, 4) is 0 Å². The molecule has 1 atom stereocenters. The molecule has 0 radical (unpaired) electrons. The molecule has 3 rings (SSSR count). The van der Waals surface area contributed by atoms with Crippen molar-refractivity contribution < 1.29 is 14.3 Å². The van der Waals surface area contributed by atoms with Crippen LogP contribution in [-0.4, -0.2) is 31.4 Å². The van der Waals surface area contributed by atoms with Crippen LogP contribution in [-0.2, 0) is 14.3 Å². The third kappa shape index (κ3) is 4.49. The second kappa shape index (κ2) is 9.20. The van der Waals surface area contributed by atoms with Gasteiger partial charge in [-0.1, -0.05) is 42.5 Å². The zero-order valence-electron chi connectivity index (χ0n) is 17.2. The van der Waals surface area contributed by atoms with Crippen molar-refractivity contribution in [2.45, 2.75) is 26.8 Å². The molecule has 1 aliphatic rings. The number of carbonyl (C=O) groups is 1. The lowest BCUT2D eigenvalue weighted by Gasteiger charge is -2.38. The normalized spacial score (nSPS) is 16.6. The Bertz CT molecular complexity index is 940. The Labute approximate surface area is 177 Å². The largest absolute Gasteiger partial charge is 0.460 e. The first kappa shape index (κ1) is 21.0. The van der Waals surface area contributed by atoms with E-state index in [1.54, 1.807) is 7.11 Å². The molecule has 1 heterocycles. The molecule has 1 N–H and O–H groups in total. The third-order valence-corrected chi connectivity index (χ3v) is 5.26. The van der Waals surface area contributed by atoms with Crippen molar-refractivity contribution in [3.63, 3.8) is 0 Å². The number of ether oxygens (including phenoxy) is 2. The number of esters is 1. The minimum Gasteiger partial charge on any atom is -0.460 e. The fourth-order valence-electron chi connectivity index (χ4n) is 3.45. The molecular formula is C23H26N2O3S. The Morgan fingerprint density at radius 3 is 2.52 bits per heavy atom. The van der Waals surface area contributed by atoms with Gasteiger partial charge in [-0.15, -0.1) is 0 Å². The zero-order chi connectivity index (χ0) is 21.0. The molecule has 0 saturated carbocycles. The van der Waals surface area contributed by atoms with Crippen molar-refractivity contribution in [3.05, 3.63) is 76.5 Å². The van der Waals surface area contributed by atoms with Crippen LogP contribution in [0.1, 0.15) is 29.7 Å². The molecule has 152 valence electrons. The van der Waals surface area contributed by atoms with Gasteiger partial charge in [-0.3, -0.25) is 4.90 Å². The van der Waals surface area contributed by atoms with Gasteiger partial charge in [-0.05, 0) is 55.7 Å². The number of benzene rings is 2. The Morgan fingerprint density at radius 2 is 1.83 bits per heavy atom. The summed E-state index contributed by atoms with van der Waals surface area (Å²) in [5.74, 6) is -0.376. The maximum atomic E-state index is 13.1. The molecular weight excluding hydrogens is 384 g/mol. The molecule has 2 aromatic rings. The lowest BCUT2D eigenvalue weighted by Crippen LogP contribution is -2.48. The summed E-state index contributed by atoms with van der Waals surface area (Å²) in [5.41, 5.74) is 5.41. The van der Waals surface area contributed by atoms with Gasteiger partial charge < -0.3 is 14.8 Å². The Kier molecular flexibility index (Phi) is 6.67. The topological polar surface area (TPSA) is 50.8 Å². The lowest BCUT2D eigenvalue weighted by molar-refractivity contribution is -0.140. The predicted molar refractivity (Wildman–Crippen MR) is 119 cm³/mol. The van der Waals surface area contributed by atoms with E-state index in [0.717, 1.165) is 28.1 Å². The van der Waals surface area contributed by atoms with E-state index in [-0.39, 0.29) is 18.6 Å². The smallest absolute Gasteiger partial charge is 0.338 e. The van der Waals surface area contributed by atoms with E-state index in [4.69, 9.17) is 21.7 Å². The quantitative estimate of drug-likeness (QED) is 0.438. The van der Waals surface area contributed by atoms with Crippen LogP contribution in [0.2, 0.25) is 0 Å². The SMILES string of the molecule is COCCOC(=O)C1=C(C)N(c2cc(C)ccc2C)C(=S)N[C@H]1c1ccccc1. The number of rotatable bonds is 6. The highest BCUT2D eigenvalue weighted by molar-refractivity contribution is 7.80. The zero-order valence-corrected chi connectivity index (χ0v) is 18.0. The molecule has 6 heteroatoms. The molecule has 29 heavy (non-hydrogen) atoms. The van der Waals surface area contributed by atoms with Crippen LogP contribution in [0, 0.1) is 13.8 Å². The summed E-state index contributed by atoms with van der Waals surface area (Å²) < 4.78 is 10.5. The lowest BCUT2D eigenvalue weighted by atomic mass is 9.94. The highest BCUT2D eigenvalue weighted by Crippen LogP contribution is 2.35. The van der Waals surface area contributed by atoms with Crippen molar-refractivity contribution in [2.75, 3.05) is 25.2 Å². The number of hydrogen-bond acceptors (Lipinski definition) is 4. The minimum absolute atomic E-state index is 0.196. The van der Waals surface area contributed by atoms with Crippen molar-refractivity contribution >= 4 is 29.0 Å². The molecule has 0 aromatic heterocycles. The monoisotopic (exact) mass is 410 g/mol. The Balaban J connectivity index is 2.10. The number of anilines is 1. The van der Waals surface area contributed by atoms with Gasteiger partial charge in [0.25, 0.3) is 0 Å². The van der Waals surface area contributed by atoms with E-state index in [1.807, 2.05) is 56.0 Å². The number of allylic oxidation sites excluding steroid dienone is 1. The van der Waals surface area contributed by atoms with Gasteiger partial charge in [0.1, 0.15) is 6.61 Å². The average molecular weight is 411 g/mol. The molecule has 0 saturated heterocycles. The number of carbonyl (C=O) groups excluding carboxylic acids is 1. The number of methoxy groups -OCH3 is 1. The molecule has 0 bridgehead atoms. The summed E-state index contributed by atoms with van der Waals surface area (Å²) in [5, 5.41) is 3.90. The van der Waals surface area contributed by atoms with Gasteiger partial charge in [0, 0.05) is 12.8 Å². The molecule has 0 aliphatic carbocycles. The van der Waals surface area contributed by atoms with Crippen molar-refractivity contribution in [2.24, 2.45) is 0 Å². The average Bonchev–Trinajstić information content (AvgIpc) is 2.71. The van der Waals surface area contributed by atoms with Crippen LogP contribution in [0.15, 0.2) is 59.8 Å². The van der Waals surface area contributed by atoms with Gasteiger partial charge in [0.15, 0.2) is 5.11 Å². The molecule has 5 nitrogen and oxygen atoms in total. The minimum atomic E-state index is -0.376. The highest BCUT2D eigenvalue weighted by Gasteiger charge is 2.35. The maximum absolute atomic E-state index is 13.1. The van der Waals surface area contributed by atoms with E-state index < -0.39 is 0 Å². The third-order valence-electron chi connectivity index (χ3n) is 4.96. The van der Waals surface area contributed by atoms with Crippen LogP contribution < -0.4 is 10.2 Å². The van der Waals surface area contributed by atoms with E-state index in [1.165, 1.54) is 0 Å². The highest BCUT2D eigenvalue weighted by atomic mass is 32.1. The standard InChI is InChI=1S/C23H26N2O3S/c1-15-10-11-16(2)19(14-15)25-17(3)20(22(26)28-13-12-27-4)21(24-23(25)29)18-8-6-5-7-9-18/h5-11,14,21H,12-13H2,1-4H3,(H,24,29)/t21-/m0/s1. The predicted octanol–water partition coefficient (Wildman–Crippen LogP) is 4.20. The second-order valence-electron chi connectivity index (χ2n) is 7.05. The first-order chi connectivity index (χ1) is 13.9. The summed E-state index contributed by atoms with van der Waals surface area (Å²) in [6.45, 7) is 6.53. The Hall–Kier alpha value is -2.70. The van der Waals surface area contributed by atoms with Crippen molar-refractivity contribution in [1.29, 1.82) is 0 Å². The molecule has 0 fully saturated rings. The summed E-state index contributed by atoms with van der Waals surface area (Å²) in [4.78, 5) is 15.0. The molecule has 0 amide bonds. The second-order valence-corrected chi connectivity index (χ2v) is 7.43. The number of aryl methyl sites for hydroxylation is 2. The van der Waals surface area contributed by atoms with Crippen LogP contribution in [0.5, 0.6) is 0 Å². The van der Waals surface area contributed by atoms with Gasteiger partial charge in [0.2, 0.25) is 0 Å². The van der Waals surface area contributed by atoms with Crippen LogP contribution in [0.4, 0.5) is 5.69 Å². The fourth-order valence-corrected chi connectivity index (χ4v) is 3.80. The fraction of sp³-hybridized carbons (Fsp3) is 0.304. The number of thiocarbonyl (C=S) groups is 1. The number of hydrogen-bond donors (Lipinski definition) is 1. The van der Waals surface area contributed by atoms with E-state index in [9.17, 15) is 4.79 Å². The van der Waals surface area contributed by atoms with Gasteiger partial charge in [-0.25, -0.2) is 4.79 Å². The summed E-state index contributed by atoms with van der Waals surface area (Å²) >= 11 is 5.72. The van der Waals surface area contributed by atoms with Gasteiger partial charge in [-0.2, -0.15) is 0 Å². The van der Waals surface area contributed by atoms with Crippen LogP contribution in [0.3, 0.4) is 0 Å². The Morgan fingerprint density at radius 1 is 1.10 bits per heavy atom. The van der Waals surface area contributed by atoms with Gasteiger partial charge in [0.05, 0.1) is 23.9 Å². The van der Waals surface area contributed by atoms with Crippen molar-refractivity contribution in [1.82, 2.24) is 5.32 Å². The van der Waals surface area contributed by atoms with E-state index in [2.05, 4.69) is 23.5 Å². The first-order valence-electron chi connectivity index (χ1n) is 9.53.